The van der Waals surface area contributed by atoms with Crippen molar-refractivity contribution in [1.82, 2.24) is 15.2 Å². The third kappa shape index (κ3) is 4.43. The number of nitrogens with zero attached hydrogens (tertiary/aromatic N) is 4. The van der Waals surface area contributed by atoms with Gasteiger partial charge in [0.15, 0.2) is 5.82 Å². The van der Waals surface area contributed by atoms with E-state index in [0.29, 0.717) is 18.1 Å². The van der Waals surface area contributed by atoms with Gasteiger partial charge in [-0.3, -0.25) is 0 Å². The average Bonchev–Trinajstić information content (AvgIpc) is 2.63. The SMILES string of the molecule is CCOC(=O)c1ccc(Nc2nncc(N3CCC(C)CC3)n2)cc1. The van der Waals surface area contributed by atoms with Crippen molar-refractivity contribution in [3.63, 3.8) is 0 Å². The number of nitrogens with one attached hydrogen (secondary N) is 1. The first-order valence-corrected chi connectivity index (χ1v) is 8.64. The lowest BCUT2D eigenvalue weighted by molar-refractivity contribution is 0.0526. The number of carbonyl (C=O) groups excluding carboxylic acids is 1. The van der Waals surface area contributed by atoms with Gasteiger partial charge in [0, 0.05) is 18.8 Å². The van der Waals surface area contributed by atoms with Crippen LogP contribution in [0.2, 0.25) is 0 Å². The maximum Gasteiger partial charge on any atom is 0.338 e. The first-order chi connectivity index (χ1) is 12.2. The third-order valence-electron chi connectivity index (χ3n) is 4.31. The van der Waals surface area contributed by atoms with E-state index in [1.807, 2.05) is 0 Å². The summed E-state index contributed by atoms with van der Waals surface area (Å²) in [5.41, 5.74) is 1.31. The maximum atomic E-state index is 11.7. The summed E-state index contributed by atoms with van der Waals surface area (Å²) in [6.45, 7) is 6.41. The Morgan fingerprint density at radius 2 is 2.00 bits per heavy atom. The van der Waals surface area contributed by atoms with Crippen molar-refractivity contribution in [3.8, 4) is 0 Å². The second kappa shape index (κ2) is 7.92. The number of carbonyl (C=O) groups is 1. The minimum absolute atomic E-state index is 0.326. The lowest BCUT2D eigenvalue weighted by atomic mass is 9.99. The number of ether oxygens (including phenoxy) is 1. The van der Waals surface area contributed by atoms with Crippen LogP contribution >= 0.6 is 0 Å². The van der Waals surface area contributed by atoms with Crippen LogP contribution in [0, 0.1) is 5.92 Å². The fourth-order valence-electron chi connectivity index (χ4n) is 2.77. The Labute approximate surface area is 147 Å². The van der Waals surface area contributed by atoms with Gasteiger partial charge < -0.3 is 15.0 Å². The van der Waals surface area contributed by atoms with Crippen molar-refractivity contribution < 1.29 is 9.53 Å². The number of hydrogen-bond donors (Lipinski definition) is 1. The molecule has 7 heteroatoms. The van der Waals surface area contributed by atoms with Crippen molar-refractivity contribution in [2.24, 2.45) is 5.92 Å². The van der Waals surface area contributed by atoms with Gasteiger partial charge in [-0.15, -0.1) is 5.10 Å². The van der Waals surface area contributed by atoms with Gasteiger partial charge in [0.25, 0.3) is 0 Å². The fraction of sp³-hybridized carbons (Fsp3) is 0.444. The minimum Gasteiger partial charge on any atom is -0.462 e. The molecule has 0 spiro atoms. The van der Waals surface area contributed by atoms with Crippen molar-refractivity contribution in [3.05, 3.63) is 36.0 Å². The molecule has 1 aromatic heterocycles. The normalized spacial score (nSPS) is 15.0. The zero-order valence-electron chi connectivity index (χ0n) is 14.6. The van der Waals surface area contributed by atoms with E-state index in [1.165, 1.54) is 12.8 Å². The lowest BCUT2D eigenvalue weighted by Gasteiger charge is -2.30. The highest BCUT2D eigenvalue weighted by molar-refractivity contribution is 5.89. The first kappa shape index (κ1) is 17.1. The topological polar surface area (TPSA) is 80.2 Å². The highest BCUT2D eigenvalue weighted by atomic mass is 16.5. The molecule has 0 radical (unpaired) electrons. The zero-order valence-corrected chi connectivity index (χ0v) is 14.6. The second-order valence-corrected chi connectivity index (χ2v) is 6.23. The lowest BCUT2D eigenvalue weighted by Crippen LogP contribution is -2.33. The number of esters is 1. The Morgan fingerprint density at radius 1 is 1.28 bits per heavy atom. The quantitative estimate of drug-likeness (QED) is 0.837. The Hall–Kier alpha value is -2.70. The van der Waals surface area contributed by atoms with Gasteiger partial charge in [0.05, 0.1) is 18.4 Å². The van der Waals surface area contributed by atoms with E-state index in [9.17, 15) is 4.79 Å². The molecule has 0 amide bonds. The standard InChI is InChI=1S/C18H23N5O2/c1-3-25-17(24)14-4-6-15(7-5-14)20-18-21-16(12-19-22-18)23-10-8-13(2)9-11-23/h4-7,12-13H,3,8-11H2,1-2H3,(H,20,21,22). The van der Waals surface area contributed by atoms with Crippen LogP contribution in [0.1, 0.15) is 37.0 Å². The molecule has 1 aliphatic heterocycles. The number of anilines is 3. The van der Waals surface area contributed by atoms with E-state index in [4.69, 9.17) is 4.74 Å². The molecule has 7 nitrogen and oxygen atoms in total. The van der Waals surface area contributed by atoms with E-state index >= 15 is 0 Å². The second-order valence-electron chi connectivity index (χ2n) is 6.23. The number of rotatable bonds is 5. The van der Waals surface area contributed by atoms with Gasteiger partial charge in [-0.1, -0.05) is 6.92 Å². The highest BCUT2D eigenvalue weighted by Crippen LogP contribution is 2.22. The molecule has 2 aromatic rings. The number of piperidine rings is 1. The molecule has 0 bridgehead atoms. The first-order valence-electron chi connectivity index (χ1n) is 8.64. The molecule has 2 heterocycles. The van der Waals surface area contributed by atoms with Crippen LogP contribution < -0.4 is 10.2 Å². The Bertz CT molecular complexity index is 712. The van der Waals surface area contributed by atoms with Gasteiger partial charge in [0.2, 0.25) is 5.95 Å². The predicted molar refractivity (Wildman–Crippen MR) is 96.1 cm³/mol. The molecule has 1 N–H and O–H groups in total. The van der Waals surface area contributed by atoms with Crippen LogP contribution in [0.3, 0.4) is 0 Å². The summed E-state index contributed by atoms with van der Waals surface area (Å²) in [6.07, 6.45) is 4.04. The molecule has 132 valence electrons. The molecule has 25 heavy (non-hydrogen) atoms. The molecular formula is C18H23N5O2. The van der Waals surface area contributed by atoms with Gasteiger partial charge >= 0.3 is 5.97 Å². The molecule has 1 fully saturated rings. The number of hydrogen-bond acceptors (Lipinski definition) is 7. The molecule has 1 aliphatic rings. The summed E-state index contributed by atoms with van der Waals surface area (Å²) in [7, 11) is 0. The smallest absolute Gasteiger partial charge is 0.338 e. The van der Waals surface area contributed by atoms with Crippen LogP contribution in [0.25, 0.3) is 0 Å². The predicted octanol–water partition coefficient (Wildman–Crippen LogP) is 3.03. The molecule has 0 saturated carbocycles. The molecular weight excluding hydrogens is 318 g/mol. The molecule has 0 aliphatic carbocycles. The van der Waals surface area contributed by atoms with Crippen molar-refractivity contribution in [2.45, 2.75) is 26.7 Å². The van der Waals surface area contributed by atoms with Crippen LogP contribution in [0.5, 0.6) is 0 Å². The maximum absolute atomic E-state index is 11.7. The zero-order chi connectivity index (χ0) is 17.6. The molecule has 1 saturated heterocycles. The molecule has 0 atom stereocenters. The monoisotopic (exact) mass is 341 g/mol. The number of benzene rings is 1. The van der Waals surface area contributed by atoms with Crippen LogP contribution in [0.15, 0.2) is 30.5 Å². The van der Waals surface area contributed by atoms with Gasteiger partial charge in [-0.25, -0.2) is 4.79 Å². The fourth-order valence-corrected chi connectivity index (χ4v) is 2.77. The summed E-state index contributed by atoms with van der Waals surface area (Å²) in [5.74, 6) is 1.72. The minimum atomic E-state index is -0.326. The Kier molecular flexibility index (Phi) is 5.42. The van der Waals surface area contributed by atoms with Crippen molar-refractivity contribution in [2.75, 3.05) is 29.9 Å². The van der Waals surface area contributed by atoms with Crippen LogP contribution in [-0.4, -0.2) is 40.8 Å². The van der Waals surface area contributed by atoms with E-state index in [0.717, 1.165) is 30.5 Å². The van der Waals surface area contributed by atoms with Gasteiger partial charge in [-0.2, -0.15) is 10.1 Å². The van der Waals surface area contributed by atoms with Crippen LogP contribution in [-0.2, 0) is 4.74 Å². The van der Waals surface area contributed by atoms with Crippen molar-refractivity contribution in [1.29, 1.82) is 0 Å². The third-order valence-corrected chi connectivity index (χ3v) is 4.31. The Morgan fingerprint density at radius 3 is 2.68 bits per heavy atom. The van der Waals surface area contributed by atoms with Gasteiger partial charge in [-0.05, 0) is 49.9 Å². The summed E-state index contributed by atoms with van der Waals surface area (Å²) in [5, 5.41) is 11.2. The van der Waals surface area contributed by atoms with E-state index in [1.54, 1.807) is 37.4 Å². The number of aromatic nitrogens is 3. The molecule has 0 unspecified atom stereocenters. The molecule has 3 rings (SSSR count). The average molecular weight is 341 g/mol. The van der Waals surface area contributed by atoms with E-state index in [2.05, 4.69) is 32.3 Å². The summed E-state index contributed by atoms with van der Waals surface area (Å²) in [4.78, 5) is 18.5. The van der Waals surface area contributed by atoms with E-state index in [-0.39, 0.29) is 5.97 Å². The van der Waals surface area contributed by atoms with Crippen molar-refractivity contribution >= 4 is 23.4 Å². The largest absolute Gasteiger partial charge is 0.462 e. The van der Waals surface area contributed by atoms with E-state index < -0.39 is 0 Å². The summed E-state index contributed by atoms with van der Waals surface area (Å²) < 4.78 is 4.98. The Balaban J connectivity index is 1.67. The highest BCUT2D eigenvalue weighted by Gasteiger charge is 2.17. The summed E-state index contributed by atoms with van der Waals surface area (Å²) >= 11 is 0. The molecule has 1 aromatic carbocycles. The van der Waals surface area contributed by atoms with Gasteiger partial charge in [0.1, 0.15) is 0 Å². The summed E-state index contributed by atoms with van der Waals surface area (Å²) in [6, 6.07) is 7.02. The van der Waals surface area contributed by atoms with Crippen LogP contribution in [0.4, 0.5) is 17.5 Å².